The van der Waals surface area contributed by atoms with Crippen molar-refractivity contribution in [1.82, 2.24) is 4.90 Å². The Morgan fingerprint density at radius 1 is 1.05 bits per heavy atom. The first-order valence-corrected chi connectivity index (χ1v) is 9.78. The van der Waals surface area contributed by atoms with Gasteiger partial charge in [-0.05, 0) is 49.4 Å². The molecule has 2 rings (SSSR count). The molecule has 0 amide bonds. The fraction of sp³-hybridized carbons (Fsp3) is 0.765. The van der Waals surface area contributed by atoms with Gasteiger partial charge >= 0.3 is 0 Å². The van der Waals surface area contributed by atoms with Crippen LogP contribution < -0.4 is 0 Å². The zero-order valence-electron chi connectivity index (χ0n) is 12.6. The smallest absolute Gasteiger partial charge is 0.0330 e. The summed E-state index contributed by atoms with van der Waals surface area (Å²) in [4.78, 5) is 4.25. The van der Waals surface area contributed by atoms with E-state index in [0.29, 0.717) is 0 Å². The van der Waals surface area contributed by atoms with E-state index in [1.165, 1.54) is 75.8 Å². The molecule has 1 heterocycles. The molecule has 0 aliphatic heterocycles. The molecule has 0 radical (unpaired) electrons. The molecule has 1 saturated carbocycles. The number of rotatable bonds is 12. The molecule has 1 fully saturated rings. The van der Waals surface area contributed by atoms with Gasteiger partial charge in [0.2, 0.25) is 0 Å². The summed E-state index contributed by atoms with van der Waals surface area (Å²) in [6, 6.07) is 5.35. The zero-order chi connectivity index (χ0) is 14.0. The quantitative estimate of drug-likeness (QED) is 0.401. The van der Waals surface area contributed by atoms with Gasteiger partial charge in [0.25, 0.3) is 0 Å². The largest absolute Gasteiger partial charge is 0.295 e. The van der Waals surface area contributed by atoms with E-state index in [1.54, 1.807) is 0 Å². The summed E-state index contributed by atoms with van der Waals surface area (Å²) < 4.78 is 0. The van der Waals surface area contributed by atoms with Crippen molar-refractivity contribution >= 4 is 24.0 Å². The number of nitrogens with zero attached hydrogens (tertiary/aromatic N) is 1. The van der Waals surface area contributed by atoms with E-state index in [4.69, 9.17) is 0 Å². The van der Waals surface area contributed by atoms with Crippen molar-refractivity contribution in [1.29, 1.82) is 0 Å². The Morgan fingerprint density at radius 3 is 2.35 bits per heavy atom. The second-order valence-corrected chi connectivity index (χ2v) is 7.46. The summed E-state index contributed by atoms with van der Waals surface area (Å²) in [6.45, 7) is 2.49. The second-order valence-electron chi connectivity index (χ2n) is 5.98. The molecule has 114 valence electrons. The highest BCUT2D eigenvalue weighted by Gasteiger charge is 2.28. The minimum atomic E-state index is 0.896. The molecule has 0 spiro atoms. The summed E-state index contributed by atoms with van der Waals surface area (Å²) in [7, 11) is 0. The summed E-state index contributed by atoms with van der Waals surface area (Å²) in [5.74, 6) is 1.05. The van der Waals surface area contributed by atoms with Crippen molar-refractivity contribution in [2.45, 2.75) is 70.4 Å². The Bertz CT molecular complexity index is 333. The fourth-order valence-electron chi connectivity index (χ4n) is 2.74. The summed E-state index contributed by atoms with van der Waals surface area (Å²) in [5.41, 5.74) is 0. The van der Waals surface area contributed by atoms with Crippen LogP contribution in [0.25, 0.3) is 0 Å². The SMILES string of the molecule is SCCCCCCCCCN(Cc1cccs1)C1CC1. The van der Waals surface area contributed by atoms with E-state index in [0.717, 1.165) is 11.8 Å². The molecule has 0 unspecified atom stereocenters. The van der Waals surface area contributed by atoms with Gasteiger partial charge in [-0.15, -0.1) is 11.3 Å². The Morgan fingerprint density at radius 2 is 1.75 bits per heavy atom. The average molecular weight is 312 g/mol. The number of hydrogen-bond donors (Lipinski definition) is 1. The minimum absolute atomic E-state index is 0.896. The van der Waals surface area contributed by atoms with Gasteiger partial charge in [-0.3, -0.25) is 4.90 Å². The van der Waals surface area contributed by atoms with Crippen LogP contribution in [0.2, 0.25) is 0 Å². The maximum atomic E-state index is 4.26. The van der Waals surface area contributed by atoms with E-state index in [-0.39, 0.29) is 0 Å². The topological polar surface area (TPSA) is 3.24 Å². The Kier molecular flexibility index (Phi) is 8.07. The van der Waals surface area contributed by atoms with Crippen molar-refractivity contribution in [3.63, 3.8) is 0 Å². The van der Waals surface area contributed by atoms with Gasteiger partial charge in [0.05, 0.1) is 0 Å². The average Bonchev–Trinajstić information content (AvgIpc) is 3.18. The molecule has 0 saturated heterocycles. The van der Waals surface area contributed by atoms with Gasteiger partial charge in [0.15, 0.2) is 0 Å². The van der Waals surface area contributed by atoms with E-state index in [2.05, 4.69) is 35.0 Å². The number of thiophene rings is 1. The van der Waals surface area contributed by atoms with Crippen LogP contribution in [-0.2, 0) is 6.54 Å². The zero-order valence-corrected chi connectivity index (χ0v) is 14.3. The molecule has 1 aliphatic rings. The first kappa shape index (κ1) is 16.4. The van der Waals surface area contributed by atoms with Crippen LogP contribution >= 0.6 is 24.0 Å². The highest BCUT2D eigenvalue weighted by atomic mass is 32.1. The third kappa shape index (κ3) is 6.64. The highest BCUT2D eigenvalue weighted by molar-refractivity contribution is 7.80. The third-order valence-electron chi connectivity index (χ3n) is 4.11. The standard InChI is InChI=1S/C17H29NS2/c19-13-7-5-3-1-2-4-6-12-18(16-10-11-16)15-17-9-8-14-20-17/h8-9,14,16,19H,1-7,10-13,15H2. The van der Waals surface area contributed by atoms with Crippen LogP contribution in [-0.4, -0.2) is 23.2 Å². The molecule has 0 bridgehead atoms. The molecule has 20 heavy (non-hydrogen) atoms. The molecule has 1 aromatic heterocycles. The Balaban J connectivity index is 1.52. The second kappa shape index (κ2) is 9.86. The van der Waals surface area contributed by atoms with Crippen LogP contribution in [0.15, 0.2) is 17.5 Å². The minimum Gasteiger partial charge on any atom is -0.295 e. The lowest BCUT2D eigenvalue weighted by molar-refractivity contribution is 0.250. The van der Waals surface area contributed by atoms with Crippen molar-refractivity contribution in [3.8, 4) is 0 Å². The molecule has 1 nitrogen and oxygen atoms in total. The number of thiol groups is 1. The van der Waals surface area contributed by atoms with Crippen molar-refractivity contribution < 1.29 is 0 Å². The predicted molar refractivity (Wildman–Crippen MR) is 93.9 cm³/mol. The predicted octanol–water partition coefficient (Wildman–Crippen LogP) is 5.37. The van der Waals surface area contributed by atoms with Crippen LogP contribution in [0, 0.1) is 0 Å². The van der Waals surface area contributed by atoms with Gasteiger partial charge < -0.3 is 0 Å². The highest BCUT2D eigenvalue weighted by Crippen LogP contribution is 2.29. The fourth-order valence-corrected chi connectivity index (χ4v) is 3.70. The number of unbranched alkanes of at least 4 members (excludes halogenated alkanes) is 6. The van der Waals surface area contributed by atoms with Gasteiger partial charge in [0.1, 0.15) is 0 Å². The van der Waals surface area contributed by atoms with E-state index < -0.39 is 0 Å². The molecule has 3 heteroatoms. The van der Waals surface area contributed by atoms with Crippen molar-refractivity contribution in [2.75, 3.05) is 12.3 Å². The normalized spacial score (nSPS) is 15.1. The van der Waals surface area contributed by atoms with E-state index >= 15 is 0 Å². The lowest BCUT2D eigenvalue weighted by Crippen LogP contribution is -2.26. The van der Waals surface area contributed by atoms with Crippen LogP contribution in [0.5, 0.6) is 0 Å². The summed E-state index contributed by atoms with van der Waals surface area (Å²) >= 11 is 6.16. The Labute approximate surface area is 134 Å². The van der Waals surface area contributed by atoms with Gasteiger partial charge in [-0.1, -0.05) is 38.2 Å². The molecular weight excluding hydrogens is 282 g/mol. The Hall–Kier alpha value is 0.01000. The molecule has 0 atom stereocenters. The molecule has 0 N–H and O–H groups in total. The van der Waals surface area contributed by atoms with E-state index in [9.17, 15) is 0 Å². The van der Waals surface area contributed by atoms with Gasteiger partial charge in [0, 0.05) is 17.5 Å². The molecular formula is C17H29NS2. The summed E-state index contributed by atoms with van der Waals surface area (Å²) in [6.07, 6.45) is 12.6. The lowest BCUT2D eigenvalue weighted by atomic mass is 10.1. The van der Waals surface area contributed by atoms with Crippen LogP contribution in [0.1, 0.15) is 62.7 Å². The van der Waals surface area contributed by atoms with E-state index in [1.807, 2.05) is 11.3 Å². The maximum Gasteiger partial charge on any atom is 0.0330 e. The van der Waals surface area contributed by atoms with Crippen molar-refractivity contribution in [2.24, 2.45) is 0 Å². The molecule has 0 aromatic carbocycles. The summed E-state index contributed by atoms with van der Waals surface area (Å²) in [5, 5.41) is 2.20. The maximum absolute atomic E-state index is 4.26. The van der Waals surface area contributed by atoms with Crippen LogP contribution in [0.3, 0.4) is 0 Å². The third-order valence-corrected chi connectivity index (χ3v) is 5.28. The van der Waals surface area contributed by atoms with Crippen LogP contribution in [0.4, 0.5) is 0 Å². The first-order chi connectivity index (χ1) is 9.90. The molecule has 1 aliphatic carbocycles. The monoisotopic (exact) mass is 311 g/mol. The van der Waals surface area contributed by atoms with Crippen molar-refractivity contribution in [3.05, 3.63) is 22.4 Å². The van der Waals surface area contributed by atoms with Gasteiger partial charge in [-0.2, -0.15) is 12.6 Å². The molecule has 1 aromatic rings. The number of hydrogen-bond acceptors (Lipinski definition) is 3. The van der Waals surface area contributed by atoms with Gasteiger partial charge in [-0.25, -0.2) is 0 Å². The first-order valence-electron chi connectivity index (χ1n) is 8.27. The lowest BCUT2D eigenvalue weighted by Gasteiger charge is -2.21.